The summed E-state index contributed by atoms with van der Waals surface area (Å²) >= 11 is 3.45. The van der Waals surface area contributed by atoms with Crippen LogP contribution in [-0.2, 0) is 4.74 Å². The zero-order valence-electron chi connectivity index (χ0n) is 10.7. The zero-order valence-corrected chi connectivity index (χ0v) is 12.3. The molecule has 0 saturated heterocycles. The average Bonchev–Trinajstić information content (AvgIpc) is 2.75. The molecule has 1 N–H and O–H groups in total. The van der Waals surface area contributed by atoms with E-state index in [0.29, 0.717) is 6.04 Å². The summed E-state index contributed by atoms with van der Waals surface area (Å²) in [5.41, 5.74) is 1.22. The lowest BCUT2D eigenvalue weighted by Crippen LogP contribution is -2.22. The van der Waals surface area contributed by atoms with Gasteiger partial charge in [-0.05, 0) is 54.2 Å². The molecule has 1 atom stereocenters. The Morgan fingerprint density at radius 3 is 2.88 bits per heavy atom. The van der Waals surface area contributed by atoms with Crippen LogP contribution in [0.25, 0.3) is 0 Å². The Balaban J connectivity index is 2.46. The minimum Gasteiger partial charge on any atom is -0.457 e. The van der Waals surface area contributed by atoms with Gasteiger partial charge in [-0.15, -0.1) is 0 Å². The van der Waals surface area contributed by atoms with Gasteiger partial charge in [0.05, 0.1) is 6.26 Å². The van der Waals surface area contributed by atoms with Crippen LogP contribution in [0.5, 0.6) is 0 Å². The van der Waals surface area contributed by atoms with E-state index in [2.05, 4.69) is 28.2 Å². The number of halogens is 1. The van der Waals surface area contributed by atoms with Gasteiger partial charge in [0.1, 0.15) is 0 Å². The first-order valence-corrected chi connectivity index (χ1v) is 7.04. The summed E-state index contributed by atoms with van der Waals surface area (Å²) < 4.78 is 11.2. The van der Waals surface area contributed by atoms with Gasteiger partial charge < -0.3 is 14.5 Å². The predicted octanol–water partition coefficient (Wildman–Crippen LogP) is 3.90. The average molecular weight is 304 g/mol. The van der Waals surface area contributed by atoms with Crippen molar-refractivity contribution in [3.63, 3.8) is 0 Å². The molecule has 0 aliphatic carbocycles. The molecule has 0 saturated carbocycles. The van der Waals surface area contributed by atoms with Crippen molar-refractivity contribution < 1.29 is 9.15 Å². The summed E-state index contributed by atoms with van der Waals surface area (Å²) in [5, 5.41) is 3.56. The van der Waals surface area contributed by atoms with Gasteiger partial charge in [-0.1, -0.05) is 6.92 Å². The number of furan rings is 1. The molecule has 0 aliphatic rings. The molecule has 0 radical (unpaired) electrons. The molecule has 0 fully saturated rings. The molecule has 1 unspecified atom stereocenters. The van der Waals surface area contributed by atoms with Crippen molar-refractivity contribution in [2.24, 2.45) is 0 Å². The molecule has 0 aliphatic heterocycles. The second kappa shape index (κ2) is 8.72. The first kappa shape index (κ1) is 14.7. The van der Waals surface area contributed by atoms with Crippen LogP contribution in [0.2, 0.25) is 0 Å². The number of unbranched alkanes of at least 4 members (excludes halogenated alkanes) is 1. The van der Waals surface area contributed by atoms with Crippen LogP contribution in [0, 0.1) is 0 Å². The fourth-order valence-electron chi connectivity index (χ4n) is 1.83. The van der Waals surface area contributed by atoms with E-state index in [1.54, 1.807) is 13.4 Å². The molecule has 17 heavy (non-hydrogen) atoms. The number of hydrogen-bond donors (Lipinski definition) is 1. The Morgan fingerprint density at radius 1 is 1.47 bits per heavy atom. The minimum atomic E-state index is 0.375. The Morgan fingerprint density at radius 2 is 2.29 bits per heavy atom. The van der Waals surface area contributed by atoms with Crippen LogP contribution in [0.1, 0.15) is 44.2 Å². The lowest BCUT2D eigenvalue weighted by Gasteiger charge is -2.17. The Kier molecular flexibility index (Phi) is 7.56. The second-order valence-electron chi connectivity index (χ2n) is 4.14. The highest BCUT2D eigenvalue weighted by Gasteiger charge is 2.15. The third-order valence-electron chi connectivity index (χ3n) is 2.75. The first-order chi connectivity index (χ1) is 8.29. The maximum atomic E-state index is 5.30. The van der Waals surface area contributed by atoms with Crippen LogP contribution in [0.3, 0.4) is 0 Å². The molecular formula is C13H22BrNO2. The van der Waals surface area contributed by atoms with Gasteiger partial charge >= 0.3 is 0 Å². The fraction of sp³-hybridized carbons (Fsp3) is 0.692. The topological polar surface area (TPSA) is 34.4 Å². The second-order valence-corrected chi connectivity index (χ2v) is 4.87. The van der Waals surface area contributed by atoms with Crippen molar-refractivity contribution in [2.45, 2.75) is 38.6 Å². The molecule has 98 valence electrons. The van der Waals surface area contributed by atoms with E-state index < -0.39 is 0 Å². The number of nitrogens with one attached hydrogen (secondary N) is 1. The monoisotopic (exact) mass is 303 g/mol. The number of rotatable bonds is 9. The van der Waals surface area contributed by atoms with Crippen molar-refractivity contribution >= 4 is 15.9 Å². The molecule has 3 nitrogen and oxygen atoms in total. The Hall–Kier alpha value is -0.320. The third kappa shape index (κ3) is 5.23. The Bertz CT molecular complexity index is 301. The predicted molar refractivity (Wildman–Crippen MR) is 73.2 cm³/mol. The molecule has 1 aromatic heterocycles. The van der Waals surface area contributed by atoms with Crippen LogP contribution >= 0.6 is 15.9 Å². The van der Waals surface area contributed by atoms with Gasteiger partial charge in [0.15, 0.2) is 4.67 Å². The fourth-order valence-corrected chi connectivity index (χ4v) is 2.35. The van der Waals surface area contributed by atoms with Crippen molar-refractivity contribution in [3.05, 3.63) is 22.6 Å². The molecular weight excluding hydrogens is 282 g/mol. The standard InChI is InChI=1S/C13H22BrNO2/c1-3-8-15-12(6-4-5-9-16-2)11-7-10-17-13(11)14/h7,10,12,15H,3-6,8-9H2,1-2H3. The highest BCUT2D eigenvalue weighted by Crippen LogP contribution is 2.27. The normalized spacial score (nSPS) is 12.9. The SMILES string of the molecule is CCCNC(CCCCOC)c1ccoc1Br. The van der Waals surface area contributed by atoms with Gasteiger partial charge in [-0.2, -0.15) is 0 Å². The molecule has 1 heterocycles. The van der Waals surface area contributed by atoms with E-state index in [9.17, 15) is 0 Å². The van der Waals surface area contributed by atoms with E-state index in [1.807, 2.05) is 6.07 Å². The van der Waals surface area contributed by atoms with Crippen LogP contribution in [0.4, 0.5) is 0 Å². The Labute approximate surface area is 112 Å². The highest BCUT2D eigenvalue weighted by molar-refractivity contribution is 9.10. The molecule has 1 rings (SSSR count). The van der Waals surface area contributed by atoms with Crippen LogP contribution < -0.4 is 5.32 Å². The van der Waals surface area contributed by atoms with Gasteiger partial charge in [-0.25, -0.2) is 0 Å². The molecule has 0 bridgehead atoms. The largest absolute Gasteiger partial charge is 0.457 e. The van der Waals surface area contributed by atoms with Crippen molar-refractivity contribution in [1.82, 2.24) is 5.32 Å². The number of hydrogen-bond acceptors (Lipinski definition) is 3. The molecule has 0 amide bonds. The first-order valence-electron chi connectivity index (χ1n) is 6.24. The van der Waals surface area contributed by atoms with Crippen molar-refractivity contribution in [1.29, 1.82) is 0 Å². The van der Waals surface area contributed by atoms with E-state index in [4.69, 9.17) is 9.15 Å². The highest BCUT2D eigenvalue weighted by atomic mass is 79.9. The summed E-state index contributed by atoms with van der Waals surface area (Å²) in [6, 6.07) is 2.41. The lowest BCUT2D eigenvalue weighted by molar-refractivity contribution is 0.191. The maximum Gasteiger partial charge on any atom is 0.173 e. The van der Waals surface area contributed by atoms with E-state index >= 15 is 0 Å². The molecule has 0 spiro atoms. The number of ether oxygens (including phenoxy) is 1. The zero-order chi connectivity index (χ0) is 12.5. The maximum absolute atomic E-state index is 5.30. The lowest BCUT2D eigenvalue weighted by atomic mass is 10.0. The van der Waals surface area contributed by atoms with Crippen LogP contribution in [-0.4, -0.2) is 20.3 Å². The quantitative estimate of drug-likeness (QED) is 0.703. The minimum absolute atomic E-state index is 0.375. The van der Waals surface area contributed by atoms with E-state index in [0.717, 1.165) is 43.5 Å². The summed E-state index contributed by atoms with van der Waals surface area (Å²) in [5.74, 6) is 0. The summed E-state index contributed by atoms with van der Waals surface area (Å²) in [4.78, 5) is 0. The van der Waals surface area contributed by atoms with Crippen molar-refractivity contribution in [3.8, 4) is 0 Å². The van der Waals surface area contributed by atoms with Gasteiger partial charge in [0.2, 0.25) is 0 Å². The van der Waals surface area contributed by atoms with Gasteiger partial charge in [-0.3, -0.25) is 0 Å². The van der Waals surface area contributed by atoms with Crippen LogP contribution in [0.15, 0.2) is 21.4 Å². The van der Waals surface area contributed by atoms with Gasteiger partial charge in [0.25, 0.3) is 0 Å². The van der Waals surface area contributed by atoms with Gasteiger partial charge in [0, 0.05) is 25.3 Å². The van der Waals surface area contributed by atoms with E-state index in [-0.39, 0.29) is 0 Å². The summed E-state index contributed by atoms with van der Waals surface area (Å²) in [6.07, 6.45) is 6.25. The molecule has 1 aromatic rings. The number of methoxy groups -OCH3 is 1. The smallest absolute Gasteiger partial charge is 0.173 e. The molecule has 0 aromatic carbocycles. The third-order valence-corrected chi connectivity index (χ3v) is 3.40. The van der Waals surface area contributed by atoms with E-state index in [1.165, 1.54) is 5.56 Å². The summed E-state index contributed by atoms with van der Waals surface area (Å²) in [7, 11) is 1.75. The molecule has 4 heteroatoms. The summed E-state index contributed by atoms with van der Waals surface area (Å²) in [6.45, 7) is 4.05. The van der Waals surface area contributed by atoms with Crippen molar-refractivity contribution in [2.75, 3.05) is 20.3 Å².